The summed E-state index contributed by atoms with van der Waals surface area (Å²) in [5, 5.41) is 4.11. The summed E-state index contributed by atoms with van der Waals surface area (Å²) in [4.78, 5) is 12.5. The Labute approximate surface area is 125 Å². The van der Waals surface area contributed by atoms with Crippen molar-refractivity contribution in [1.29, 1.82) is 0 Å². The van der Waals surface area contributed by atoms with Gasteiger partial charge in [-0.1, -0.05) is 20.8 Å². The summed E-state index contributed by atoms with van der Waals surface area (Å²) in [5.74, 6) is 0.315. The molecule has 3 rings (SSSR count). The van der Waals surface area contributed by atoms with Crippen LogP contribution in [0, 0.1) is 16.7 Å². The zero-order chi connectivity index (χ0) is 15.4. The number of rotatable bonds is 3. The SMILES string of the molecule is CCn1ncc(N)c1C(=O)OC1CC2CCC1(C)C2(C)C. The van der Waals surface area contributed by atoms with E-state index in [-0.39, 0.29) is 22.9 Å². The molecule has 2 fully saturated rings. The fourth-order valence-corrected chi connectivity index (χ4v) is 4.36. The van der Waals surface area contributed by atoms with Crippen LogP contribution in [0.15, 0.2) is 6.20 Å². The summed E-state index contributed by atoms with van der Waals surface area (Å²) >= 11 is 0. The number of hydrogen-bond acceptors (Lipinski definition) is 4. The van der Waals surface area contributed by atoms with E-state index >= 15 is 0 Å². The molecule has 3 unspecified atom stereocenters. The number of nitrogens with two attached hydrogens (primary N) is 1. The molecule has 116 valence electrons. The minimum Gasteiger partial charge on any atom is -0.457 e. The highest BCUT2D eigenvalue weighted by atomic mass is 16.5. The first-order valence-electron chi connectivity index (χ1n) is 7.83. The Morgan fingerprint density at radius 1 is 1.52 bits per heavy atom. The van der Waals surface area contributed by atoms with E-state index in [9.17, 15) is 4.79 Å². The van der Waals surface area contributed by atoms with Crippen LogP contribution in [-0.2, 0) is 11.3 Å². The van der Waals surface area contributed by atoms with E-state index in [0.717, 1.165) is 12.8 Å². The molecule has 2 N–H and O–H groups in total. The quantitative estimate of drug-likeness (QED) is 0.869. The molecule has 0 saturated heterocycles. The van der Waals surface area contributed by atoms with Crippen molar-refractivity contribution < 1.29 is 9.53 Å². The van der Waals surface area contributed by atoms with Crippen molar-refractivity contribution in [3.63, 3.8) is 0 Å². The Balaban J connectivity index is 1.82. The molecule has 2 bridgehead atoms. The van der Waals surface area contributed by atoms with Gasteiger partial charge in [0, 0.05) is 12.0 Å². The number of nitrogens with zero attached hydrogens (tertiary/aromatic N) is 2. The Kier molecular flexibility index (Phi) is 3.08. The summed E-state index contributed by atoms with van der Waals surface area (Å²) < 4.78 is 7.48. The third-order valence-electron chi connectivity index (χ3n) is 6.32. The number of fused-ring (bicyclic) bond motifs is 2. The van der Waals surface area contributed by atoms with Crippen LogP contribution >= 0.6 is 0 Å². The lowest BCUT2D eigenvalue weighted by Crippen LogP contribution is -2.38. The van der Waals surface area contributed by atoms with E-state index in [2.05, 4.69) is 25.9 Å². The summed E-state index contributed by atoms with van der Waals surface area (Å²) in [7, 11) is 0. The van der Waals surface area contributed by atoms with Gasteiger partial charge in [-0.15, -0.1) is 0 Å². The molecule has 0 radical (unpaired) electrons. The van der Waals surface area contributed by atoms with Gasteiger partial charge in [0.1, 0.15) is 6.10 Å². The largest absolute Gasteiger partial charge is 0.457 e. The number of hydrogen-bond donors (Lipinski definition) is 1. The number of aryl methyl sites for hydroxylation is 1. The van der Waals surface area contributed by atoms with Crippen molar-refractivity contribution in [3.8, 4) is 0 Å². The first-order chi connectivity index (χ1) is 9.81. The third-order valence-corrected chi connectivity index (χ3v) is 6.32. The maximum atomic E-state index is 12.5. The van der Waals surface area contributed by atoms with Crippen LogP contribution in [0.4, 0.5) is 5.69 Å². The molecular formula is C16H25N3O2. The van der Waals surface area contributed by atoms with Gasteiger partial charge in [0.2, 0.25) is 0 Å². The van der Waals surface area contributed by atoms with E-state index in [1.807, 2.05) is 6.92 Å². The molecule has 5 heteroatoms. The highest BCUT2D eigenvalue weighted by Gasteiger charge is 2.63. The molecule has 0 spiro atoms. The van der Waals surface area contributed by atoms with Crippen molar-refractivity contribution in [3.05, 3.63) is 11.9 Å². The van der Waals surface area contributed by atoms with Gasteiger partial charge in [-0.05, 0) is 37.5 Å². The number of aromatic nitrogens is 2. The third kappa shape index (κ3) is 1.82. The molecule has 2 saturated carbocycles. The Morgan fingerprint density at radius 2 is 2.24 bits per heavy atom. The van der Waals surface area contributed by atoms with Crippen molar-refractivity contribution in [2.75, 3.05) is 5.73 Å². The molecule has 21 heavy (non-hydrogen) atoms. The van der Waals surface area contributed by atoms with E-state index in [4.69, 9.17) is 10.5 Å². The second-order valence-electron chi connectivity index (χ2n) is 7.27. The van der Waals surface area contributed by atoms with E-state index in [0.29, 0.717) is 23.8 Å². The minimum absolute atomic E-state index is 0.0154. The molecule has 0 aliphatic heterocycles. The van der Waals surface area contributed by atoms with Crippen molar-refractivity contribution in [2.24, 2.45) is 16.7 Å². The number of esters is 1. The van der Waals surface area contributed by atoms with Crippen LogP contribution in [0.25, 0.3) is 0 Å². The smallest absolute Gasteiger partial charge is 0.359 e. The monoisotopic (exact) mass is 291 g/mol. The fraction of sp³-hybridized carbons (Fsp3) is 0.750. The van der Waals surface area contributed by atoms with Gasteiger partial charge >= 0.3 is 5.97 Å². The first kappa shape index (κ1) is 14.4. The minimum atomic E-state index is -0.332. The second-order valence-corrected chi connectivity index (χ2v) is 7.27. The summed E-state index contributed by atoms with van der Waals surface area (Å²) in [5.41, 5.74) is 6.96. The highest BCUT2D eigenvalue weighted by Crippen LogP contribution is 2.66. The van der Waals surface area contributed by atoms with E-state index in [1.54, 1.807) is 4.68 Å². The summed E-state index contributed by atoms with van der Waals surface area (Å²) in [6.07, 6.45) is 4.85. The number of anilines is 1. The number of ether oxygens (including phenoxy) is 1. The average molecular weight is 291 g/mol. The van der Waals surface area contributed by atoms with Gasteiger partial charge in [0.15, 0.2) is 5.69 Å². The lowest BCUT2D eigenvalue weighted by Gasteiger charge is -2.38. The first-order valence-corrected chi connectivity index (χ1v) is 7.83. The maximum Gasteiger partial charge on any atom is 0.359 e. The summed E-state index contributed by atoms with van der Waals surface area (Å²) in [6, 6.07) is 0. The number of nitrogen functional groups attached to an aromatic ring is 1. The fourth-order valence-electron chi connectivity index (χ4n) is 4.36. The number of carbonyl (C=O) groups is 1. The van der Waals surface area contributed by atoms with E-state index < -0.39 is 0 Å². The lowest BCUT2D eigenvalue weighted by atomic mass is 9.70. The van der Waals surface area contributed by atoms with Crippen LogP contribution < -0.4 is 5.73 Å². The van der Waals surface area contributed by atoms with E-state index in [1.165, 1.54) is 12.6 Å². The molecule has 0 aromatic carbocycles. The second kappa shape index (κ2) is 4.49. The van der Waals surface area contributed by atoms with Crippen LogP contribution in [0.5, 0.6) is 0 Å². The highest BCUT2D eigenvalue weighted by molar-refractivity contribution is 5.93. The van der Waals surface area contributed by atoms with Gasteiger partial charge in [-0.3, -0.25) is 4.68 Å². The standard InChI is InChI=1S/C16H25N3O2/c1-5-19-13(11(17)9-18-19)14(20)21-12-8-10-6-7-16(12,4)15(10,2)3/h9-10,12H,5-8,17H2,1-4H3. The summed E-state index contributed by atoms with van der Waals surface area (Å²) in [6.45, 7) is 9.42. The predicted molar refractivity (Wildman–Crippen MR) is 80.7 cm³/mol. The van der Waals surface area contributed by atoms with Gasteiger partial charge in [-0.2, -0.15) is 5.10 Å². The van der Waals surface area contributed by atoms with Crippen LogP contribution in [0.1, 0.15) is 57.4 Å². The zero-order valence-corrected chi connectivity index (χ0v) is 13.3. The van der Waals surface area contributed by atoms with Gasteiger partial charge in [0.25, 0.3) is 0 Å². The van der Waals surface area contributed by atoms with Gasteiger partial charge < -0.3 is 10.5 Å². The van der Waals surface area contributed by atoms with Crippen molar-refractivity contribution in [2.45, 2.75) is 59.6 Å². The topological polar surface area (TPSA) is 70.1 Å². The Morgan fingerprint density at radius 3 is 2.76 bits per heavy atom. The molecule has 2 aliphatic rings. The Hall–Kier alpha value is -1.52. The van der Waals surface area contributed by atoms with Crippen LogP contribution in [0.2, 0.25) is 0 Å². The van der Waals surface area contributed by atoms with Crippen molar-refractivity contribution in [1.82, 2.24) is 9.78 Å². The Bertz CT molecular complexity index is 578. The lowest BCUT2D eigenvalue weighted by molar-refractivity contribution is -0.0250. The van der Waals surface area contributed by atoms with Gasteiger partial charge in [0.05, 0.1) is 11.9 Å². The number of carbonyl (C=O) groups excluding carboxylic acids is 1. The molecule has 0 amide bonds. The van der Waals surface area contributed by atoms with Crippen LogP contribution in [-0.4, -0.2) is 21.9 Å². The molecule has 1 aromatic rings. The molecular weight excluding hydrogens is 266 g/mol. The van der Waals surface area contributed by atoms with Crippen molar-refractivity contribution >= 4 is 11.7 Å². The van der Waals surface area contributed by atoms with Gasteiger partial charge in [-0.25, -0.2) is 4.79 Å². The molecule has 1 aromatic heterocycles. The average Bonchev–Trinajstić information content (AvgIpc) is 2.96. The molecule has 3 atom stereocenters. The predicted octanol–water partition coefficient (Wildman–Crippen LogP) is 2.86. The molecule has 2 aliphatic carbocycles. The normalized spacial score (nSPS) is 33.3. The zero-order valence-electron chi connectivity index (χ0n) is 13.3. The molecule has 1 heterocycles. The van der Waals surface area contributed by atoms with Crippen LogP contribution in [0.3, 0.4) is 0 Å². The maximum absolute atomic E-state index is 12.5. The molecule has 5 nitrogen and oxygen atoms in total.